The standard InChI is InChI=1S/C23H32N6O4S.C22H31NO/c1-5-8-20-24-16(4)21-23(30)25-22(26-29(20)21)18-15-17(9-10-19(18)33-7-3)34(31,32)28-13-11-27(6-2)12-14-28;1-16(2)23(17(3)4)14-13-20(19-9-7-6-8-10-19)21-15-18(5)11-12-22(21)24/h9-10,15H,5-8,11-14H2,1-4H3,(H,25,26,30);6-12,15-17,20,24H,13-14H2,1-5H3/t;20-/m.1/s1. The number of ether oxygens (including phenoxy) is 1. The molecule has 0 spiro atoms. The maximum atomic E-state index is 13.4. The number of hydrogen-bond acceptors (Lipinski definition) is 9. The Morgan fingerprint density at radius 3 is 2.22 bits per heavy atom. The van der Waals surface area contributed by atoms with Gasteiger partial charge in [0.25, 0.3) is 5.56 Å². The Bertz CT molecular complexity index is 2270. The van der Waals surface area contributed by atoms with Gasteiger partial charge in [-0.2, -0.15) is 4.31 Å². The van der Waals surface area contributed by atoms with Crippen molar-refractivity contribution in [3.63, 3.8) is 0 Å². The number of hydrogen-bond donors (Lipinski definition) is 2. The van der Waals surface area contributed by atoms with Crippen molar-refractivity contribution in [1.82, 2.24) is 33.7 Å². The van der Waals surface area contributed by atoms with Gasteiger partial charge in [0, 0.05) is 56.2 Å². The fraction of sp³-hybridized carbons (Fsp3) is 0.489. The molecule has 1 aliphatic rings. The van der Waals surface area contributed by atoms with Crippen LogP contribution in [-0.4, -0.2) is 105 Å². The number of imidazole rings is 1. The van der Waals surface area contributed by atoms with Crippen molar-refractivity contribution >= 4 is 15.5 Å². The lowest BCUT2D eigenvalue weighted by atomic mass is 9.87. The maximum absolute atomic E-state index is 13.4. The lowest BCUT2D eigenvalue weighted by molar-refractivity contribution is 0.170. The van der Waals surface area contributed by atoms with Gasteiger partial charge in [0.15, 0.2) is 11.3 Å². The summed E-state index contributed by atoms with van der Waals surface area (Å²) in [6.07, 6.45) is 2.52. The number of nitrogens with zero attached hydrogens (tertiary/aromatic N) is 6. The van der Waals surface area contributed by atoms with Crippen LogP contribution in [0.1, 0.15) is 95.4 Å². The van der Waals surface area contributed by atoms with Gasteiger partial charge in [0.2, 0.25) is 10.0 Å². The number of aryl methyl sites for hydroxylation is 3. The van der Waals surface area contributed by atoms with Gasteiger partial charge in [-0.1, -0.05) is 61.9 Å². The molecule has 314 valence electrons. The van der Waals surface area contributed by atoms with Crippen LogP contribution in [0.25, 0.3) is 16.9 Å². The topological polar surface area (TPSA) is 136 Å². The normalized spacial score (nSPS) is 14.6. The summed E-state index contributed by atoms with van der Waals surface area (Å²) in [5.41, 5.74) is 4.58. The summed E-state index contributed by atoms with van der Waals surface area (Å²) in [6.45, 7) is 23.4. The zero-order valence-electron chi connectivity index (χ0n) is 35.8. The molecule has 0 amide bonds. The van der Waals surface area contributed by atoms with E-state index in [1.165, 1.54) is 15.4 Å². The van der Waals surface area contributed by atoms with Crippen molar-refractivity contribution in [3.8, 4) is 22.9 Å². The SMILES string of the molecule is CCCc1nc(C)c2c(=O)[nH]c(-c3cc(S(=O)(=O)N4CCN(CC)CC4)ccc3OCC)nn12.Cc1ccc(O)c([C@H](CCN(C(C)C)C(C)C)c2ccccc2)c1. The van der Waals surface area contributed by atoms with E-state index in [0.29, 0.717) is 85.4 Å². The minimum absolute atomic E-state index is 0.147. The Hall–Kier alpha value is -4.56. The molecule has 5 aromatic rings. The number of phenolic OH excluding ortho intramolecular Hbond substituents is 1. The first kappa shape index (κ1) is 44.5. The predicted molar refractivity (Wildman–Crippen MR) is 233 cm³/mol. The highest BCUT2D eigenvalue weighted by Crippen LogP contribution is 2.35. The lowest BCUT2D eigenvalue weighted by Crippen LogP contribution is -2.48. The minimum Gasteiger partial charge on any atom is -0.508 e. The van der Waals surface area contributed by atoms with E-state index in [4.69, 9.17) is 4.74 Å². The van der Waals surface area contributed by atoms with Crippen molar-refractivity contribution < 1.29 is 18.3 Å². The largest absolute Gasteiger partial charge is 0.508 e. The van der Waals surface area contributed by atoms with Crippen molar-refractivity contribution in [2.24, 2.45) is 0 Å². The zero-order chi connectivity index (χ0) is 42.1. The van der Waals surface area contributed by atoms with Crippen LogP contribution < -0.4 is 10.3 Å². The van der Waals surface area contributed by atoms with Crippen LogP contribution in [0.5, 0.6) is 11.5 Å². The minimum atomic E-state index is -3.71. The second-order valence-corrected chi connectivity index (χ2v) is 17.5. The molecule has 1 fully saturated rings. The Morgan fingerprint density at radius 1 is 0.914 bits per heavy atom. The number of benzene rings is 3. The molecule has 12 nitrogen and oxygen atoms in total. The molecule has 0 radical (unpaired) electrons. The van der Waals surface area contributed by atoms with E-state index in [0.717, 1.165) is 31.5 Å². The van der Waals surface area contributed by atoms with Crippen molar-refractivity contribution in [3.05, 3.63) is 105 Å². The van der Waals surface area contributed by atoms with E-state index in [1.54, 1.807) is 29.6 Å². The van der Waals surface area contributed by atoms with Crippen LogP contribution in [0.3, 0.4) is 0 Å². The summed E-state index contributed by atoms with van der Waals surface area (Å²) in [4.78, 5) is 25.1. The molecule has 3 aromatic carbocycles. The third-order valence-corrected chi connectivity index (χ3v) is 12.8. The maximum Gasteiger partial charge on any atom is 0.277 e. The molecule has 2 N–H and O–H groups in total. The van der Waals surface area contributed by atoms with Crippen LogP contribution >= 0.6 is 0 Å². The van der Waals surface area contributed by atoms with Gasteiger partial charge in [-0.3, -0.25) is 9.69 Å². The van der Waals surface area contributed by atoms with E-state index >= 15 is 0 Å². The monoisotopic (exact) mass is 813 g/mol. The van der Waals surface area contributed by atoms with Crippen molar-refractivity contribution in [2.45, 2.75) is 104 Å². The average molecular weight is 814 g/mol. The number of aromatic amines is 1. The lowest BCUT2D eigenvalue weighted by Gasteiger charge is -2.33. The predicted octanol–water partition coefficient (Wildman–Crippen LogP) is 7.41. The van der Waals surface area contributed by atoms with Crippen molar-refractivity contribution in [1.29, 1.82) is 0 Å². The summed E-state index contributed by atoms with van der Waals surface area (Å²) < 4.78 is 35.7. The summed E-state index contributed by atoms with van der Waals surface area (Å²) in [7, 11) is -3.71. The fourth-order valence-electron chi connectivity index (χ4n) is 7.84. The summed E-state index contributed by atoms with van der Waals surface area (Å²) in [5, 5.41) is 15.1. The molecule has 58 heavy (non-hydrogen) atoms. The highest BCUT2D eigenvalue weighted by molar-refractivity contribution is 7.89. The average Bonchev–Trinajstić information content (AvgIpc) is 3.52. The molecule has 0 saturated carbocycles. The van der Waals surface area contributed by atoms with Gasteiger partial charge in [0.05, 0.1) is 22.8 Å². The quantitative estimate of drug-likeness (QED) is 0.111. The number of piperazine rings is 1. The number of phenols is 1. The summed E-state index contributed by atoms with van der Waals surface area (Å²) in [5.74, 6) is 2.00. The summed E-state index contributed by atoms with van der Waals surface area (Å²) >= 11 is 0. The highest BCUT2D eigenvalue weighted by Gasteiger charge is 2.29. The number of sulfonamides is 1. The number of likely N-dealkylation sites (N-methyl/N-ethyl adjacent to an activating group) is 1. The van der Waals surface area contributed by atoms with E-state index in [9.17, 15) is 18.3 Å². The Balaban J connectivity index is 0.000000235. The number of rotatable bonds is 15. The number of H-pyrrole nitrogens is 1. The molecule has 0 bridgehead atoms. The highest BCUT2D eigenvalue weighted by atomic mass is 32.2. The van der Waals surface area contributed by atoms with Crippen LogP contribution in [-0.2, 0) is 16.4 Å². The van der Waals surface area contributed by atoms with Crippen LogP contribution in [0.2, 0.25) is 0 Å². The molecule has 0 unspecified atom stereocenters. The number of aromatic hydroxyl groups is 1. The van der Waals surface area contributed by atoms with Gasteiger partial charge in [0.1, 0.15) is 17.3 Å². The third-order valence-electron chi connectivity index (χ3n) is 10.9. The van der Waals surface area contributed by atoms with Gasteiger partial charge in [-0.25, -0.2) is 17.9 Å². The molecule has 13 heteroatoms. The first-order valence-electron chi connectivity index (χ1n) is 20.8. The summed E-state index contributed by atoms with van der Waals surface area (Å²) in [6, 6.07) is 22.2. The van der Waals surface area contributed by atoms with Crippen LogP contribution in [0.15, 0.2) is 76.4 Å². The Morgan fingerprint density at radius 2 is 1.60 bits per heavy atom. The van der Waals surface area contributed by atoms with E-state index in [1.807, 2.05) is 32.0 Å². The van der Waals surface area contributed by atoms with Crippen LogP contribution in [0.4, 0.5) is 0 Å². The molecule has 6 rings (SSSR count). The van der Waals surface area contributed by atoms with Gasteiger partial charge in [-0.15, -0.1) is 5.10 Å². The number of aromatic nitrogens is 4. The zero-order valence-corrected chi connectivity index (χ0v) is 36.6. The first-order chi connectivity index (χ1) is 27.7. The molecule has 1 saturated heterocycles. The molecular formula is C45H63N7O5S. The molecule has 1 atom stereocenters. The van der Waals surface area contributed by atoms with E-state index < -0.39 is 10.0 Å². The number of nitrogens with one attached hydrogen (secondary N) is 1. The van der Waals surface area contributed by atoms with E-state index in [-0.39, 0.29) is 22.2 Å². The second kappa shape index (κ2) is 19.9. The van der Waals surface area contributed by atoms with Crippen molar-refractivity contribution in [2.75, 3.05) is 45.9 Å². The van der Waals surface area contributed by atoms with Gasteiger partial charge >= 0.3 is 0 Å². The molecular weight excluding hydrogens is 751 g/mol. The first-order valence-corrected chi connectivity index (χ1v) is 22.2. The smallest absolute Gasteiger partial charge is 0.277 e. The molecule has 1 aliphatic heterocycles. The van der Waals surface area contributed by atoms with Gasteiger partial charge in [-0.05, 0) is 104 Å². The second-order valence-electron chi connectivity index (χ2n) is 15.6. The fourth-order valence-corrected chi connectivity index (χ4v) is 9.29. The molecule has 2 aromatic heterocycles. The Kier molecular flexibility index (Phi) is 15.3. The van der Waals surface area contributed by atoms with E-state index in [2.05, 4.69) is 96.7 Å². The number of fused-ring (bicyclic) bond motifs is 1. The Labute approximate surface area is 344 Å². The van der Waals surface area contributed by atoms with Crippen LogP contribution in [0, 0.1) is 13.8 Å². The molecule has 0 aliphatic carbocycles. The molecule has 3 heterocycles. The van der Waals surface area contributed by atoms with Gasteiger partial charge < -0.3 is 19.7 Å². The third kappa shape index (κ3) is 10.4.